The monoisotopic (exact) mass is 482 g/mol. The number of hydrogen-bond donors (Lipinski definition) is 1. The lowest BCUT2D eigenvalue weighted by Crippen LogP contribution is -2.26. The third-order valence-corrected chi connectivity index (χ3v) is 7.19. The SMILES string of the molecule is COc1ccc(/C=C/C(=O)OCC(=O)Nc2sc3c(c2C#N)CCC(C(C)(C)C)C3)cc1OC. The molecule has 1 atom stereocenters. The lowest BCUT2D eigenvalue weighted by molar-refractivity contribution is -0.142. The van der Waals surface area contributed by atoms with Crippen molar-refractivity contribution in [3.63, 3.8) is 0 Å². The van der Waals surface area contributed by atoms with Crippen LogP contribution in [-0.2, 0) is 27.2 Å². The molecular formula is C26H30N2O5S. The second kappa shape index (κ2) is 10.7. The molecule has 0 radical (unpaired) electrons. The molecule has 0 aliphatic heterocycles. The minimum Gasteiger partial charge on any atom is -0.493 e. The molecule has 0 saturated heterocycles. The number of nitrogens with zero attached hydrogens (tertiary/aromatic N) is 1. The summed E-state index contributed by atoms with van der Waals surface area (Å²) >= 11 is 1.45. The topological polar surface area (TPSA) is 97.6 Å². The molecule has 7 nitrogen and oxygen atoms in total. The van der Waals surface area contributed by atoms with Gasteiger partial charge in [0.25, 0.3) is 5.91 Å². The summed E-state index contributed by atoms with van der Waals surface area (Å²) in [5, 5.41) is 12.9. The van der Waals surface area contributed by atoms with Crippen LogP contribution in [0.25, 0.3) is 6.08 Å². The average Bonchev–Trinajstić information content (AvgIpc) is 3.16. The summed E-state index contributed by atoms with van der Waals surface area (Å²) < 4.78 is 15.5. The van der Waals surface area contributed by atoms with Crippen LogP contribution in [0.5, 0.6) is 11.5 Å². The highest BCUT2D eigenvalue weighted by Crippen LogP contribution is 2.44. The highest BCUT2D eigenvalue weighted by molar-refractivity contribution is 7.16. The van der Waals surface area contributed by atoms with E-state index >= 15 is 0 Å². The van der Waals surface area contributed by atoms with Crippen LogP contribution in [0.2, 0.25) is 0 Å². The summed E-state index contributed by atoms with van der Waals surface area (Å²) in [5.41, 5.74) is 2.48. The Bertz CT molecular complexity index is 1140. The van der Waals surface area contributed by atoms with Gasteiger partial charge < -0.3 is 19.5 Å². The minimum absolute atomic E-state index is 0.191. The molecule has 1 N–H and O–H groups in total. The van der Waals surface area contributed by atoms with Gasteiger partial charge in [0.1, 0.15) is 11.1 Å². The smallest absolute Gasteiger partial charge is 0.331 e. The van der Waals surface area contributed by atoms with Gasteiger partial charge in [-0.2, -0.15) is 5.26 Å². The van der Waals surface area contributed by atoms with Gasteiger partial charge in [0.2, 0.25) is 0 Å². The summed E-state index contributed by atoms with van der Waals surface area (Å²) in [5.74, 6) is 0.532. The number of methoxy groups -OCH3 is 2. The van der Waals surface area contributed by atoms with E-state index < -0.39 is 18.5 Å². The van der Waals surface area contributed by atoms with Crippen molar-refractivity contribution in [2.75, 3.05) is 26.1 Å². The maximum Gasteiger partial charge on any atom is 0.331 e. The number of fused-ring (bicyclic) bond motifs is 1. The third-order valence-electron chi connectivity index (χ3n) is 6.02. The molecule has 1 heterocycles. The Kier molecular flexibility index (Phi) is 8.00. The number of esters is 1. The fourth-order valence-electron chi connectivity index (χ4n) is 4.00. The van der Waals surface area contributed by atoms with Gasteiger partial charge in [-0.15, -0.1) is 11.3 Å². The number of ether oxygens (including phenoxy) is 3. The molecule has 0 saturated carbocycles. The van der Waals surface area contributed by atoms with Crippen molar-refractivity contribution in [3.05, 3.63) is 45.8 Å². The summed E-state index contributed by atoms with van der Waals surface area (Å²) in [4.78, 5) is 25.6. The van der Waals surface area contributed by atoms with Crippen LogP contribution in [0, 0.1) is 22.7 Å². The number of nitriles is 1. The number of amides is 1. The predicted octanol–water partition coefficient (Wildman–Crippen LogP) is 4.98. The second-order valence-corrected chi connectivity index (χ2v) is 10.3. The lowest BCUT2D eigenvalue weighted by Gasteiger charge is -2.33. The van der Waals surface area contributed by atoms with Gasteiger partial charge in [0.05, 0.1) is 19.8 Å². The average molecular weight is 483 g/mol. The zero-order valence-corrected chi connectivity index (χ0v) is 21.0. The number of carbonyl (C=O) groups excluding carboxylic acids is 2. The number of nitrogens with one attached hydrogen (secondary N) is 1. The van der Waals surface area contributed by atoms with E-state index in [4.69, 9.17) is 14.2 Å². The fraction of sp³-hybridized carbons (Fsp3) is 0.423. The van der Waals surface area contributed by atoms with E-state index in [1.54, 1.807) is 31.4 Å². The van der Waals surface area contributed by atoms with Gasteiger partial charge >= 0.3 is 5.97 Å². The summed E-state index contributed by atoms with van der Waals surface area (Å²) in [6, 6.07) is 7.46. The van der Waals surface area contributed by atoms with E-state index in [0.29, 0.717) is 28.0 Å². The van der Waals surface area contributed by atoms with Crippen molar-refractivity contribution in [2.45, 2.75) is 40.0 Å². The first-order chi connectivity index (χ1) is 16.2. The van der Waals surface area contributed by atoms with Crippen molar-refractivity contribution in [1.29, 1.82) is 5.26 Å². The summed E-state index contributed by atoms with van der Waals surface area (Å²) in [6.07, 6.45) is 5.58. The molecule has 0 spiro atoms. The second-order valence-electron chi connectivity index (χ2n) is 9.23. The fourth-order valence-corrected chi connectivity index (χ4v) is 5.29. The largest absolute Gasteiger partial charge is 0.493 e. The van der Waals surface area contributed by atoms with Gasteiger partial charge in [0, 0.05) is 11.0 Å². The van der Waals surface area contributed by atoms with Gasteiger partial charge in [-0.1, -0.05) is 26.8 Å². The minimum atomic E-state index is -0.649. The molecule has 3 rings (SSSR count). The van der Waals surface area contributed by atoms with E-state index in [2.05, 4.69) is 32.2 Å². The van der Waals surface area contributed by atoms with Gasteiger partial charge in [-0.25, -0.2) is 4.79 Å². The maximum absolute atomic E-state index is 12.4. The molecule has 34 heavy (non-hydrogen) atoms. The van der Waals surface area contributed by atoms with Crippen molar-refractivity contribution in [3.8, 4) is 17.6 Å². The van der Waals surface area contributed by atoms with Crippen molar-refractivity contribution >= 4 is 34.3 Å². The molecule has 8 heteroatoms. The maximum atomic E-state index is 12.4. The lowest BCUT2D eigenvalue weighted by atomic mass is 9.72. The Hall–Kier alpha value is -3.31. The Morgan fingerprint density at radius 3 is 2.62 bits per heavy atom. The van der Waals surface area contributed by atoms with E-state index in [0.717, 1.165) is 35.3 Å². The first kappa shape index (κ1) is 25.3. The number of carbonyl (C=O) groups is 2. The van der Waals surface area contributed by atoms with Crippen LogP contribution in [-0.4, -0.2) is 32.7 Å². The normalized spacial score (nSPS) is 15.4. The highest BCUT2D eigenvalue weighted by Gasteiger charge is 2.32. The molecule has 180 valence electrons. The van der Waals surface area contributed by atoms with Crippen molar-refractivity contribution in [2.24, 2.45) is 11.3 Å². The van der Waals surface area contributed by atoms with E-state index in [9.17, 15) is 14.9 Å². The third kappa shape index (κ3) is 5.97. The Morgan fingerprint density at radius 1 is 1.24 bits per heavy atom. The van der Waals surface area contributed by atoms with Crippen molar-refractivity contribution < 1.29 is 23.8 Å². The van der Waals surface area contributed by atoms with Crippen LogP contribution in [0.4, 0.5) is 5.00 Å². The number of hydrogen-bond acceptors (Lipinski definition) is 7. The molecule has 1 aromatic heterocycles. The molecule has 1 unspecified atom stereocenters. The summed E-state index contributed by atoms with van der Waals surface area (Å²) in [6.45, 7) is 6.27. The predicted molar refractivity (Wildman–Crippen MR) is 132 cm³/mol. The molecule has 2 aromatic rings. The first-order valence-electron chi connectivity index (χ1n) is 11.1. The first-order valence-corrected chi connectivity index (χ1v) is 11.9. The number of rotatable bonds is 7. The molecule has 0 bridgehead atoms. The Balaban J connectivity index is 1.58. The molecular weight excluding hydrogens is 452 g/mol. The molecule has 1 aromatic carbocycles. The molecule has 1 aliphatic carbocycles. The van der Waals surface area contributed by atoms with Crippen LogP contribution in [0.3, 0.4) is 0 Å². The number of anilines is 1. The molecule has 1 amide bonds. The van der Waals surface area contributed by atoms with E-state index in [1.807, 2.05) is 0 Å². The van der Waals surface area contributed by atoms with E-state index in [1.165, 1.54) is 24.5 Å². The molecule has 1 aliphatic rings. The zero-order chi connectivity index (χ0) is 24.9. The summed E-state index contributed by atoms with van der Waals surface area (Å²) in [7, 11) is 3.08. The number of thiophene rings is 1. The van der Waals surface area contributed by atoms with Crippen LogP contribution >= 0.6 is 11.3 Å². The van der Waals surface area contributed by atoms with Gasteiger partial charge in [0.15, 0.2) is 18.1 Å². The highest BCUT2D eigenvalue weighted by atomic mass is 32.1. The molecule has 0 fully saturated rings. The van der Waals surface area contributed by atoms with Crippen LogP contribution < -0.4 is 14.8 Å². The zero-order valence-electron chi connectivity index (χ0n) is 20.2. The van der Waals surface area contributed by atoms with E-state index in [-0.39, 0.29) is 5.41 Å². The quantitative estimate of drug-likeness (QED) is 0.441. The van der Waals surface area contributed by atoms with Crippen LogP contribution in [0.1, 0.15) is 48.8 Å². The van der Waals surface area contributed by atoms with Crippen LogP contribution in [0.15, 0.2) is 24.3 Å². The Labute approximate surface area is 204 Å². The number of benzene rings is 1. The van der Waals surface area contributed by atoms with Crippen molar-refractivity contribution in [1.82, 2.24) is 0 Å². The standard InChI is InChI=1S/C26H30N2O5S/c1-26(2,3)17-8-9-18-19(14-27)25(34-22(18)13-17)28-23(29)15-33-24(30)11-7-16-6-10-20(31-4)21(12-16)32-5/h6-7,10-12,17H,8-9,13,15H2,1-5H3,(H,28,29)/b11-7+. The Morgan fingerprint density at radius 2 is 1.97 bits per heavy atom. The van der Waals surface area contributed by atoms with Gasteiger partial charge in [-0.05, 0) is 59.9 Å². The van der Waals surface area contributed by atoms with Gasteiger partial charge in [-0.3, -0.25) is 4.79 Å².